The molecule has 0 radical (unpaired) electrons. The lowest BCUT2D eigenvalue weighted by Crippen LogP contribution is -2.48. The summed E-state index contributed by atoms with van der Waals surface area (Å²) in [7, 11) is 0. The van der Waals surface area contributed by atoms with Gasteiger partial charge in [-0.15, -0.1) is 0 Å². The number of ether oxygens (including phenoxy) is 1. The third-order valence-electron chi connectivity index (χ3n) is 5.30. The summed E-state index contributed by atoms with van der Waals surface area (Å²) in [6.07, 6.45) is 5.90. The molecular weight excluding hydrogens is 319 g/mol. The number of hydrogen-bond acceptors (Lipinski definition) is 3. The molecule has 2 aliphatic rings. The van der Waals surface area contributed by atoms with Crippen LogP contribution in [0.15, 0.2) is 24.3 Å². The molecule has 0 aliphatic carbocycles. The van der Waals surface area contributed by atoms with Crippen molar-refractivity contribution >= 4 is 5.91 Å². The van der Waals surface area contributed by atoms with Crippen molar-refractivity contribution in [1.29, 1.82) is 0 Å². The van der Waals surface area contributed by atoms with Crippen LogP contribution in [-0.4, -0.2) is 61.1 Å². The van der Waals surface area contributed by atoms with Crippen LogP contribution in [0.25, 0.3) is 0 Å². The van der Waals surface area contributed by atoms with Crippen molar-refractivity contribution in [1.82, 2.24) is 9.80 Å². The summed E-state index contributed by atoms with van der Waals surface area (Å²) >= 11 is 0. The lowest BCUT2D eigenvalue weighted by atomic mass is 10.0. The highest BCUT2D eigenvalue weighted by molar-refractivity contribution is 5.79. The number of amides is 1. The Morgan fingerprint density at radius 3 is 2.68 bits per heavy atom. The fraction of sp³-hybridized carbons (Fsp3) is 0.650. The molecule has 0 bridgehead atoms. The van der Waals surface area contributed by atoms with Crippen LogP contribution in [0.3, 0.4) is 0 Å². The number of rotatable bonds is 6. The smallest absolute Gasteiger partial charge is 0.227 e. The maximum absolute atomic E-state index is 13.4. The first-order chi connectivity index (χ1) is 12.2. The van der Waals surface area contributed by atoms with E-state index in [4.69, 9.17) is 4.74 Å². The van der Waals surface area contributed by atoms with Gasteiger partial charge in [-0.1, -0.05) is 18.6 Å². The number of carbonyl (C=O) groups excluding carboxylic acids is 1. The molecule has 25 heavy (non-hydrogen) atoms. The Balaban J connectivity index is 1.62. The van der Waals surface area contributed by atoms with Gasteiger partial charge in [-0.05, 0) is 56.5 Å². The fourth-order valence-electron chi connectivity index (χ4n) is 3.86. The van der Waals surface area contributed by atoms with Crippen molar-refractivity contribution < 1.29 is 13.9 Å². The second kappa shape index (κ2) is 9.30. The van der Waals surface area contributed by atoms with Crippen LogP contribution in [-0.2, 0) is 16.0 Å². The zero-order chi connectivity index (χ0) is 17.5. The average Bonchev–Trinajstić information content (AvgIpc) is 2.64. The number of benzene rings is 1. The molecule has 0 unspecified atom stereocenters. The van der Waals surface area contributed by atoms with Crippen molar-refractivity contribution in [2.45, 2.75) is 44.6 Å². The second-order valence-corrected chi connectivity index (χ2v) is 7.14. The first-order valence-corrected chi connectivity index (χ1v) is 9.56. The predicted octanol–water partition coefficient (Wildman–Crippen LogP) is 2.86. The van der Waals surface area contributed by atoms with Crippen molar-refractivity contribution in [2.24, 2.45) is 0 Å². The van der Waals surface area contributed by atoms with E-state index in [1.807, 2.05) is 11.0 Å². The lowest BCUT2D eigenvalue weighted by Gasteiger charge is -2.36. The van der Waals surface area contributed by atoms with E-state index in [0.717, 1.165) is 57.8 Å². The molecule has 5 heteroatoms. The van der Waals surface area contributed by atoms with E-state index >= 15 is 0 Å². The first-order valence-electron chi connectivity index (χ1n) is 9.56. The van der Waals surface area contributed by atoms with Gasteiger partial charge in [0, 0.05) is 32.3 Å². The van der Waals surface area contributed by atoms with Crippen LogP contribution in [0.1, 0.15) is 37.7 Å². The Kier molecular flexibility index (Phi) is 6.82. The van der Waals surface area contributed by atoms with Crippen LogP contribution < -0.4 is 0 Å². The Hall–Kier alpha value is -1.46. The Morgan fingerprint density at radius 1 is 1.20 bits per heavy atom. The molecule has 1 aromatic carbocycles. The summed E-state index contributed by atoms with van der Waals surface area (Å²) in [4.78, 5) is 17.4. The molecule has 2 heterocycles. The fourth-order valence-corrected chi connectivity index (χ4v) is 3.86. The molecule has 0 atom stereocenters. The van der Waals surface area contributed by atoms with Gasteiger partial charge < -0.3 is 14.5 Å². The molecule has 0 aromatic heterocycles. The quantitative estimate of drug-likeness (QED) is 0.792. The molecule has 2 saturated heterocycles. The van der Waals surface area contributed by atoms with Gasteiger partial charge in [0.05, 0.1) is 6.42 Å². The van der Waals surface area contributed by atoms with Gasteiger partial charge in [0.15, 0.2) is 0 Å². The van der Waals surface area contributed by atoms with Crippen molar-refractivity contribution in [3.8, 4) is 0 Å². The number of piperidine rings is 1. The molecule has 138 valence electrons. The van der Waals surface area contributed by atoms with Gasteiger partial charge >= 0.3 is 0 Å². The third-order valence-corrected chi connectivity index (χ3v) is 5.30. The highest BCUT2D eigenvalue weighted by atomic mass is 19.1. The number of hydrogen-bond donors (Lipinski definition) is 0. The Morgan fingerprint density at radius 2 is 1.96 bits per heavy atom. The Bertz CT molecular complexity index is 554. The van der Waals surface area contributed by atoms with E-state index in [9.17, 15) is 9.18 Å². The topological polar surface area (TPSA) is 32.8 Å². The van der Waals surface area contributed by atoms with Crippen LogP contribution in [0.2, 0.25) is 0 Å². The van der Waals surface area contributed by atoms with E-state index in [2.05, 4.69) is 4.90 Å². The molecule has 0 N–H and O–H groups in total. The molecule has 2 fully saturated rings. The Labute approximate surface area is 149 Å². The number of nitrogens with zero attached hydrogens (tertiary/aromatic N) is 2. The maximum Gasteiger partial charge on any atom is 0.227 e. The highest BCUT2D eigenvalue weighted by Crippen LogP contribution is 2.17. The monoisotopic (exact) mass is 348 g/mol. The maximum atomic E-state index is 13.4. The van der Waals surface area contributed by atoms with E-state index < -0.39 is 0 Å². The van der Waals surface area contributed by atoms with E-state index in [-0.39, 0.29) is 24.2 Å². The number of halogens is 1. The zero-order valence-electron chi connectivity index (χ0n) is 15.0. The highest BCUT2D eigenvalue weighted by Gasteiger charge is 2.26. The molecule has 1 amide bonds. The zero-order valence-corrected chi connectivity index (χ0v) is 15.0. The van der Waals surface area contributed by atoms with Gasteiger partial charge in [-0.2, -0.15) is 0 Å². The minimum Gasteiger partial charge on any atom is -0.381 e. The summed E-state index contributed by atoms with van der Waals surface area (Å²) in [6.45, 7) is 5.42. The molecule has 1 aromatic rings. The predicted molar refractivity (Wildman–Crippen MR) is 95.9 cm³/mol. The van der Waals surface area contributed by atoms with Crippen LogP contribution in [0.4, 0.5) is 4.39 Å². The molecule has 0 spiro atoms. The van der Waals surface area contributed by atoms with Gasteiger partial charge in [-0.3, -0.25) is 4.79 Å². The lowest BCUT2D eigenvalue weighted by molar-refractivity contribution is -0.135. The summed E-state index contributed by atoms with van der Waals surface area (Å²) in [5.41, 5.74) is 0.750. The van der Waals surface area contributed by atoms with Crippen LogP contribution in [0, 0.1) is 5.82 Å². The van der Waals surface area contributed by atoms with Crippen molar-refractivity contribution in [3.05, 3.63) is 35.6 Å². The van der Waals surface area contributed by atoms with Crippen molar-refractivity contribution in [3.63, 3.8) is 0 Å². The summed E-state index contributed by atoms with van der Waals surface area (Å²) < 4.78 is 18.9. The van der Waals surface area contributed by atoms with Crippen LogP contribution >= 0.6 is 0 Å². The molecule has 4 nitrogen and oxygen atoms in total. The molecule has 2 aliphatic heterocycles. The van der Waals surface area contributed by atoms with E-state index in [1.165, 1.54) is 31.4 Å². The number of likely N-dealkylation sites (tertiary alicyclic amines) is 1. The standard InChI is InChI=1S/C20H29FN2O2/c21-18-6-4-5-17(15-18)16-20(24)23(19-7-13-25-14-8-19)12-11-22-9-2-1-3-10-22/h4-6,15,19H,1-3,7-14,16H2. The first kappa shape index (κ1) is 18.3. The second-order valence-electron chi connectivity index (χ2n) is 7.14. The van der Waals surface area contributed by atoms with Gasteiger partial charge in [0.1, 0.15) is 5.82 Å². The van der Waals surface area contributed by atoms with Crippen LogP contribution in [0.5, 0.6) is 0 Å². The molecule has 0 saturated carbocycles. The summed E-state index contributed by atoms with van der Waals surface area (Å²) in [5, 5.41) is 0. The summed E-state index contributed by atoms with van der Waals surface area (Å²) in [5.74, 6) is -0.175. The van der Waals surface area contributed by atoms with E-state index in [0.29, 0.717) is 0 Å². The largest absolute Gasteiger partial charge is 0.381 e. The molecular formula is C20H29FN2O2. The molecule has 3 rings (SSSR count). The minimum absolute atomic E-state index is 0.106. The van der Waals surface area contributed by atoms with Gasteiger partial charge in [0.25, 0.3) is 0 Å². The SMILES string of the molecule is O=C(Cc1cccc(F)c1)N(CCN1CCCCC1)C1CCOCC1. The average molecular weight is 348 g/mol. The van der Waals surface area contributed by atoms with Gasteiger partial charge in [-0.25, -0.2) is 4.39 Å². The van der Waals surface area contributed by atoms with Crippen molar-refractivity contribution in [2.75, 3.05) is 39.4 Å². The summed E-state index contributed by atoms with van der Waals surface area (Å²) in [6, 6.07) is 6.63. The van der Waals surface area contributed by atoms with Gasteiger partial charge in [0.2, 0.25) is 5.91 Å². The normalized spacial score (nSPS) is 19.7. The number of carbonyl (C=O) groups is 1. The minimum atomic E-state index is -0.281. The third kappa shape index (κ3) is 5.51. The van der Waals surface area contributed by atoms with E-state index in [1.54, 1.807) is 6.07 Å².